The van der Waals surface area contributed by atoms with Crippen LogP contribution in [-0.4, -0.2) is 39.2 Å². The molecule has 1 aliphatic rings. The number of carbonyl (C=O) groups excluding carboxylic acids is 2. The van der Waals surface area contributed by atoms with Crippen LogP contribution in [0.3, 0.4) is 0 Å². The molecule has 0 aromatic heterocycles. The Morgan fingerprint density at radius 3 is 2.37 bits per heavy atom. The predicted molar refractivity (Wildman–Crippen MR) is 146 cm³/mol. The molecule has 1 heterocycles. The topological polar surface area (TPSA) is 131 Å². The van der Waals surface area contributed by atoms with Gasteiger partial charge in [0.1, 0.15) is 6.10 Å². The zero-order chi connectivity index (χ0) is 27.6. The van der Waals surface area contributed by atoms with Crippen LogP contribution in [0.1, 0.15) is 29.7 Å². The third kappa shape index (κ3) is 6.06. The number of nitrogens with zero attached hydrogens (tertiary/aromatic N) is 2. The summed E-state index contributed by atoms with van der Waals surface area (Å²) in [6.45, 7) is 1.44. The van der Waals surface area contributed by atoms with Crippen LogP contribution < -0.4 is 15.4 Å². The molecule has 12 heteroatoms. The van der Waals surface area contributed by atoms with Crippen molar-refractivity contribution < 1.29 is 22.2 Å². The summed E-state index contributed by atoms with van der Waals surface area (Å²) in [5.41, 5.74) is 2.85. The molecule has 3 aromatic carbocycles. The van der Waals surface area contributed by atoms with Crippen LogP contribution in [0.15, 0.2) is 77.8 Å². The number of fused-ring (bicyclic) bond motifs is 1. The number of carbonyl (C=O) groups is 2. The monoisotopic (exact) mass is 574 g/mol. The summed E-state index contributed by atoms with van der Waals surface area (Å²) in [5, 5.41) is 8.14. The molecule has 3 aromatic rings. The van der Waals surface area contributed by atoms with Crippen LogP contribution in [0.25, 0.3) is 0 Å². The molecule has 3 atom stereocenters. The van der Waals surface area contributed by atoms with Gasteiger partial charge in [0.05, 0.1) is 27.4 Å². The number of nitrogens with two attached hydrogens (primary N) is 1. The maximum atomic E-state index is 13.4. The van der Waals surface area contributed by atoms with E-state index in [-0.39, 0.29) is 15.6 Å². The lowest BCUT2D eigenvalue weighted by atomic mass is 9.96. The van der Waals surface area contributed by atoms with Gasteiger partial charge in [-0.2, -0.15) is 8.42 Å². The van der Waals surface area contributed by atoms with Crippen molar-refractivity contribution >= 4 is 56.7 Å². The highest BCUT2D eigenvalue weighted by atomic mass is 35.5. The van der Waals surface area contributed by atoms with Gasteiger partial charge in [-0.25, -0.2) is 14.3 Å². The number of para-hydroxylation sites is 1. The number of rotatable bonds is 7. The van der Waals surface area contributed by atoms with Gasteiger partial charge >= 0.3 is 10.3 Å². The normalized spacial score (nSPS) is 17.2. The van der Waals surface area contributed by atoms with Crippen LogP contribution in [0.2, 0.25) is 10.0 Å². The summed E-state index contributed by atoms with van der Waals surface area (Å²) >= 11 is 12.1. The molecule has 0 unspecified atom stereocenters. The predicted octanol–water partition coefficient (Wildman–Crippen LogP) is 3.85. The highest BCUT2D eigenvalue weighted by Gasteiger charge is 2.35. The quantitative estimate of drug-likeness (QED) is 0.442. The van der Waals surface area contributed by atoms with Crippen molar-refractivity contribution in [2.45, 2.75) is 19.2 Å². The van der Waals surface area contributed by atoms with Gasteiger partial charge in [-0.05, 0) is 23.8 Å². The van der Waals surface area contributed by atoms with Gasteiger partial charge in [0.15, 0.2) is 0 Å². The fourth-order valence-electron chi connectivity index (χ4n) is 4.11. The Bertz CT molecular complexity index is 1520. The van der Waals surface area contributed by atoms with E-state index in [4.69, 9.17) is 32.5 Å². The summed E-state index contributed by atoms with van der Waals surface area (Å²) in [4.78, 5) is 32.9. The molecule has 0 fully saturated rings. The molecular weight excluding hydrogens is 551 g/mol. The van der Waals surface area contributed by atoms with Crippen molar-refractivity contribution in [1.29, 1.82) is 0 Å². The molecule has 3 N–H and O–H groups in total. The maximum Gasteiger partial charge on any atom is 0.333 e. The summed E-state index contributed by atoms with van der Waals surface area (Å²) in [6, 6.07) is 20.8. The number of aliphatic imine (C=N–C) groups is 1. The number of halogens is 2. The van der Waals surface area contributed by atoms with Crippen LogP contribution in [0.5, 0.6) is 0 Å². The van der Waals surface area contributed by atoms with Crippen molar-refractivity contribution in [2.75, 3.05) is 11.9 Å². The Labute approximate surface area is 230 Å². The van der Waals surface area contributed by atoms with E-state index in [1.54, 1.807) is 19.2 Å². The first-order valence-electron chi connectivity index (χ1n) is 11.4. The molecule has 0 saturated heterocycles. The van der Waals surface area contributed by atoms with Gasteiger partial charge < -0.3 is 10.2 Å². The van der Waals surface area contributed by atoms with Crippen molar-refractivity contribution in [3.63, 3.8) is 0 Å². The van der Waals surface area contributed by atoms with E-state index in [1.165, 1.54) is 30.0 Å². The number of nitrogens with one attached hydrogen (secondary N) is 1. The van der Waals surface area contributed by atoms with Crippen molar-refractivity contribution in [3.05, 3.63) is 99.5 Å². The first-order valence-corrected chi connectivity index (χ1v) is 13.7. The molecule has 0 spiro atoms. The lowest BCUT2D eigenvalue weighted by Gasteiger charge is -2.25. The van der Waals surface area contributed by atoms with Gasteiger partial charge in [0, 0.05) is 18.2 Å². The molecule has 9 nitrogen and oxygen atoms in total. The molecule has 38 heavy (non-hydrogen) atoms. The molecule has 0 aliphatic carbocycles. The second-order valence-electron chi connectivity index (χ2n) is 8.64. The second kappa shape index (κ2) is 11.2. The fraction of sp³-hybridized carbons (Fsp3) is 0.192. The van der Waals surface area contributed by atoms with E-state index in [2.05, 4.69) is 10.3 Å². The Morgan fingerprint density at radius 2 is 1.71 bits per heavy atom. The van der Waals surface area contributed by atoms with Crippen molar-refractivity contribution in [1.82, 2.24) is 5.32 Å². The molecule has 1 aliphatic heterocycles. The number of amides is 2. The van der Waals surface area contributed by atoms with E-state index < -0.39 is 40.3 Å². The van der Waals surface area contributed by atoms with E-state index in [0.29, 0.717) is 17.0 Å². The molecule has 4 rings (SSSR count). The van der Waals surface area contributed by atoms with Gasteiger partial charge in [-0.15, -0.1) is 0 Å². The second-order valence-corrected chi connectivity index (χ2v) is 10.6. The first-order chi connectivity index (χ1) is 18.0. The Hall–Kier alpha value is -3.28. The van der Waals surface area contributed by atoms with Crippen LogP contribution >= 0.6 is 23.2 Å². The number of likely N-dealkylation sites (N-methyl/N-ethyl adjacent to an activating group) is 1. The minimum Gasteiger partial charge on any atom is -0.326 e. The molecule has 198 valence electrons. The van der Waals surface area contributed by atoms with Gasteiger partial charge in [0.2, 0.25) is 12.1 Å². The summed E-state index contributed by atoms with van der Waals surface area (Å²) in [5.74, 6) is -2.31. The van der Waals surface area contributed by atoms with Crippen LogP contribution in [-0.2, 0) is 24.1 Å². The molecule has 0 saturated carbocycles. The SMILES string of the molecule is C[C@@H](C(=O)N[C@H]1N=C(c2ccccc2)c2ccccc2N(C)C1=O)[C@@H](OS(N)(=O)=O)c1ccc(Cl)c(Cl)c1. The first kappa shape index (κ1) is 27.7. The minimum absolute atomic E-state index is 0.134. The smallest absolute Gasteiger partial charge is 0.326 e. The number of benzodiazepines with no additional fused rings is 1. The summed E-state index contributed by atoms with van der Waals surface area (Å²) in [6.07, 6.45) is -2.66. The Balaban J connectivity index is 1.71. The average Bonchev–Trinajstić information content (AvgIpc) is 2.99. The van der Waals surface area contributed by atoms with Gasteiger partial charge in [-0.1, -0.05) is 84.7 Å². The highest BCUT2D eigenvalue weighted by Crippen LogP contribution is 2.33. The summed E-state index contributed by atoms with van der Waals surface area (Å²) < 4.78 is 28.7. The minimum atomic E-state index is -4.47. The van der Waals surface area contributed by atoms with Crippen molar-refractivity contribution in [2.24, 2.45) is 16.0 Å². The van der Waals surface area contributed by atoms with Crippen LogP contribution in [0, 0.1) is 5.92 Å². The van der Waals surface area contributed by atoms with E-state index in [0.717, 1.165) is 5.56 Å². The van der Waals surface area contributed by atoms with Gasteiger partial charge in [0.25, 0.3) is 5.91 Å². The van der Waals surface area contributed by atoms with E-state index >= 15 is 0 Å². The lowest BCUT2D eigenvalue weighted by Crippen LogP contribution is -2.48. The number of benzene rings is 3. The maximum absolute atomic E-state index is 13.4. The number of hydrogen-bond acceptors (Lipinski definition) is 6. The van der Waals surface area contributed by atoms with Gasteiger partial charge in [-0.3, -0.25) is 9.59 Å². The fourth-order valence-corrected chi connectivity index (χ4v) is 4.98. The highest BCUT2D eigenvalue weighted by molar-refractivity contribution is 7.84. The van der Waals surface area contributed by atoms with E-state index in [9.17, 15) is 18.0 Å². The molecule has 2 amide bonds. The molecule has 0 bridgehead atoms. The number of hydrogen-bond donors (Lipinski definition) is 2. The Morgan fingerprint density at radius 1 is 1.05 bits per heavy atom. The van der Waals surface area contributed by atoms with Crippen molar-refractivity contribution in [3.8, 4) is 0 Å². The largest absolute Gasteiger partial charge is 0.333 e. The zero-order valence-electron chi connectivity index (χ0n) is 20.3. The van der Waals surface area contributed by atoms with Crippen LogP contribution in [0.4, 0.5) is 5.69 Å². The Kier molecular flexibility index (Phi) is 8.19. The lowest BCUT2D eigenvalue weighted by molar-refractivity contribution is -0.131. The standard InChI is InChI=1S/C26H24Cl2N4O5S/c1-15(23(37-38(29,35)36)17-12-13-19(27)20(28)14-17)25(33)31-24-26(34)32(2)21-11-7-6-10-18(21)22(30-24)16-8-4-3-5-9-16/h3-15,23-24H,1-2H3,(H,31,33)(H2,29,35,36)/t15-,23-,24-/m1/s1. The molecule has 0 radical (unpaired) electrons. The third-order valence-electron chi connectivity index (χ3n) is 6.05. The summed E-state index contributed by atoms with van der Waals surface area (Å²) in [7, 11) is -2.88. The third-order valence-corrected chi connectivity index (χ3v) is 7.26. The van der Waals surface area contributed by atoms with E-state index in [1.807, 2.05) is 42.5 Å². The zero-order valence-corrected chi connectivity index (χ0v) is 22.7. The average molecular weight is 575 g/mol. The molecular formula is C26H24Cl2N4O5S. The number of anilines is 1.